The molecule has 1 heterocycles. The second-order valence-corrected chi connectivity index (χ2v) is 4.34. The van der Waals surface area contributed by atoms with Crippen LogP contribution >= 0.6 is 0 Å². The molecule has 1 aromatic rings. The van der Waals surface area contributed by atoms with Crippen LogP contribution in [0.3, 0.4) is 0 Å². The fourth-order valence-corrected chi connectivity index (χ4v) is 1.74. The monoisotopic (exact) mass is 206 g/mol. The lowest BCUT2D eigenvalue weighted by atomic mass is 10.1. The minimum atomic E-state index is -0.574. The molecule has 0 atom stereocenters. The molecule has 1 N–H and O–H groups in total. The van der Waals surface area contributed by atoms with Gasteiger partial charge in [-0.1, -0.05) is 12.1 Å². The maximum atomic E-state index is 9.95. The predicted octanol–water partition coefficient (Wildman–Crippen LogP) is 1.45. The fraction of sp³-hybridized carbons (Fsp3) is 0.500. The van der Waals surface area contributed by atoms with Crippen LogP contribution in [0, 0.1) is 0 Å². The van der Waals surface area contributed by atoms with E-state index in [9.17, 15) is 5.11 Å². The van der Waals surface area contributed by atoms with Gasteiger partial charge in [-0.05, 0) is 30.5 Å². The Labute approximate surface area is 88.6 Å². The normalized spacial score (nSPS) is 23.3. The Bertz CT molecular complexity index is 367. The molecule has 3 nitrogen and oxygen atoms in total. The summed E-state index contributed by atoms with van der Waals surface area (Å²) >= 11 is 0. The summed E-state index contributed by atoms with van der Waals surface area (Å²) in [5, 5.41) is 9.95. The first-order valence-corrected chi connectivity index (χ1v) is 5.34. The molecule has 2 aliphatic rings. The third-order valence-electron chi connectivity index (χ3n) is 3.01. The first kappa shape index (κ1) is 9.19. The van der Waals surface area contributed by atoms with E-state index < -0.39 is 5.60 Å². The molecule has 3 rings (SSSR count). The molecule has 2 fully saturated rings. The first-order chi connectivity index (χ1) is 7.26. The molecule has 3 heteroatoms. The molecule has 0 amide bonds. The van der Waals surface area contributed by atoms with Crippen molar-refractivity contribution in [2.24, 2.45) is 0 Å². The molecule has 0 bridgehead atoms. The zero-order chi connectivity index (χ0) is 10.3. The number of ether oxygens (including phenoxy) is 2. The molecule has 0 unspecified atom stereocenters. The van der Waals surface area contributed by atoms with E-state index in [0.717, 1.165) is 24.2 Å². The van der Waals surface area contributed by atoms with Gasteiger partial charge in [0.15, 0.2) is 0 Å². The quantitative estimate of drug-likeness (QED) is 0.813. The molecule has 1 saturated heterocycles. The van der Waals surface area contributed by atoms with Crippen molar-refractivity contribution in [1.29, 1.82) is 0 Å². The fourth-order valence-electron chi connectivity index (χ4n) is 1.74. The van der Waals surface area contributed by atoms with E-state index in [1.165, 1.54) is 0 Å². The van der Waals surface area contributed by atoms with Gasteiger partial charge < -0.3 is 14.6 Å². The van der Waals surface area contributed by atoms with Crippen molar-refractivity contribution in [2.45, 2.75) is 24.5 Å². The van der Waals surface area contributed by atoms with E-state index in [0.29, 0.717) is 13.2 Å². The Morgan fingerprint density at radius 2 is 2.13 bits per heavy atom. The van der Waals surface area contributed by atoms with Gasteiger partial charge in [0.25, 0.3) is 0 Å². The minimum Gasteiger partial charge on any atom is -0.486 e. The molecule has 15 heavy (non-hydrogen) atoms. The van der Waals surface area contributed by atoms with Crippen LogP contribution in [0.4, 0.5) is 0 Å². The van der Waals surface area contributed by atoms with Crippen LogP contribution in [-0.4, -0.2) is 24.4 Å². The summed E-state index contributed by atoms with van der Waals surface area (Å²) in [5.74, 6) is 0.834. The van der Waals surface area contributed by atoms with E-state index in [-0.39, 0.29) is 6.10 Å². The van der Waals surface area contributed by atoms with Crippen molar-refractivity contribution in [2.75, 3.05) is 13.2 Å². The van der Waals surface area contributed by atoms with Gasteiger partial charge in [-0.2, -0.15) is 0 Å². The minimum absolute atomic E-state index is 0.189. The standard InChI is InChI=1S/C12H14O3/c13-12(4-5-12)9-2-1-3-10(6-9)15-11-7-14-8-11/h1-3,6,11,13H,4-5,7-8H2. The van der Waals surface area contributed by atoms with Crippen molar-refractivity contribution in [3.8, 4) is 5.75 Å². The van der Waals surface area contributed by atoms with Gasteiger partial charge in [0.2, 0.25) is 0 Å². The maximum absolute atomic E-state index is 9.95. The molecule has 1 saturated carbocycles. The second-order valence-electron chi connectivity index (χ2n) is 4.34. The van der Waals surface area contributed by atoms with Crippen LogP contribution in [0.1, 0.15) is 18.4 Å². The van der Waals surface area contributed by atoms with Gasteiger partial charge in [0.05, 0.1) is 18.8 Å². The van der Waals surface area contributed by atoms with Gasteiger partial charge in [0.1, 0.15) is 11.9 Å². The lowest BCUT2D eigenvalue weighted by Gasteiger charge is -2.27. The Balaban J connectivity index is 1.77. The largest absolute Gasteiger partial charge is 0.486 e. The number of benzene rings is 1. The highest BCUT2D eigenvalue weighted by Crippen LogP contribution is 2.45. The third-order valence-corrected chi connectivity index (χ3v) is 3.01. The van der Waals surface area contributed by atoms with Crippen molar-refractivity contribution >= 4 is 0 Å². The molecule has 1 aromatic carbocycles. The third kappa shape index (κ3) is 1.73. The average Bonchev–Trinajstić information content (AvgIpc) is 2.93. The summed E-state index contributed by atoms with van der Waals surface area (Å²) in [6, 6.07) is 7.75. The summed E-state index contributed by atoms with van der Waals surface area (Å²) in [4.78, 5) is 0. The molecule has 1 aliphatic heterocycles. The number of rotatable bonds is 3. The summed E-state index contributed by atoms with van der Waals surface area (Å²) in [7, 11) is 0. The van der Waals surface area contributed by atoms with Crippen molar-refractivity contribution < 1.29 is 14.6 Å². The van der Waals surface area contributed by atoms with Crippen LogP contribution in [0.15, 0.2) is 24.3 Å². The molecule has 0 radical (unpaired) electrons. The summed E-state index contributed by atoms with van der Waals surface area (Å²) < 4.78 is 10.7. The SMILES string of the molecule is OC1(c2cccc(OC3COC3)c2)CC1. The van der Waals surface area contributed by atoms with Crippen LogP contribution in [0.5, 0.6) is 5.75 Å². The Morgan fingerprint density at radius 1 is 1.33 bits per heavy atom. The molecule has 0 spiro atoms. The van der Waals surface area contributed by atoms with Gasteiger partial charge in [0, 0.05) is 0 Å². The summed E-state index contributed by atoms with van der Waals surface area (Å²) in [6.45, 7) is 1.35. The summed E-state index contributed by atoms with van der Waals surface area (Å²) in [6.07, 6.45) is 1.92. The van der Waals surface area contributed by atoms with Gasteiger partial charge in [-0.15, -0.1) is 0 Å². The van der Waals surface area contributed by atoms with E-state index in [1.807, 2.05) is 24.3 Å². The smallest absolute Gasteiger partial charge is 0.145 e. The molecule has 1 aliphatic carbocycles. The van der Waals surface area contributed by atoms with E-state index >= 15 is 0 Å². The zero-order valence-corrected chi connectivity index (χ0v) is 8.48. The topological polar surface area (TPSA) is 38.7 Å². The van der Waals surface area contributed by atoms with E-state index in [2.05, 4.69) is 0 Å². The molecular weight excluding hydrogens is 192 g/mol. The molecule has 0 aromatic heterocycles. The highest BCUT2D eigenvalue weighted by atomic mass is 16.6. The average molecular weight is 206 g/mol. The lowest BCUT2D eigenvalue weighted by Crippen LogP contribution is -2.38. The van der Waals surface area contributed by atoms with Crippen molar-refractivity contribution in [3.05, 3.63) is 29.8 Å². The van der Waals surface area contributed by atoms with Gasteiger partial charge in [-0.25, -0.2) is 0 Å². The Morgan fingerprint density at radius 3 is 2.73 bits per heavy atom. The van der Waals surface area contributed by atoms with Gasteiger partial charge >= 0.3 is 0 Å². The summed E-state index contributed by atoms with van der Waals surface area (Å²) in [5.41, 5.74) is 0.399. The predicted molar refractivity (Wildman–Crippen MR) is 54.8 cm³/mol. The number of aliphatic hydroxyl groups is 1. The van der Waals surface area contributed by atoms with Crippen LogP contribution in [0.2, 0.25) is 0 Å². The van der Waals surface area contributed by atoms with E-state index in [1.54, 1.807) is 0 Å². The van der Waals surface area contributed by atoms with Crippen LogP contribution < -0.4 is 4.74 Å². The van der Waals surface area contributed by atoms with Crippen molar-refractivity contribution in [3.63, 3.8) is 0 Å². The number of hydrogen-bond acceptors (Lipinski definition) is 3. The highest BCUT2D eigenvalue weighted by molar-refractivity contribution is 5.35. The molecule has 80 valence electrons. The Hall–Kier alpha value is -1.06. The highest BCUT2D eigenvalue weighted by Gasteiger charge is 2.42. The zero-order valence-electron chi connectivity index (χ0n) is 8.48. The van der Waals surface area contributed by atoms with Crippen molar-refractivity contribution in [1.82, 2.24) is 0 Å². The lowest BCUT2D eigenvalue weighted by molar-refractivity contribution is -0.0797. The first-order valence-electron chi connectivity index (χ1n) is 5.34. The van der Waals surface area contributed by atoms with Crippen LogP contribution in [0.25, 0.3) is 0 Å². The Kier molecular flexibility index (Phi) is 1.97. The van der Waals surface area contributed by atoms with Gasteiger partial charge in [-0.3, -0.25) is 0 Å². The van der Waals surface area contributed by atoms with E-state index in [4.69, 9.17) is 9.47 Å². The number of hydrogen-bond donors (Lipinski definition) is 1. The molecular formula is C12H14O3. The maximum Gasteiger partial charge on any atom is 0.145 e. The second kappa shape index (κ2) is 3.22. The van der Waals surface area contributed by atoms with Crippen LogP contribution in [-0.2, 0) is 10.3 Å².